The lowest BCUT2D eigenvalue weighted by molar-refractivity contribution is -0.123. The highest BCUT2D eigenvalue weighted by molar-refractivity contribution is 7.88. The molecule has 0 aliphatic carbocycles. The van der Waals surface area contributed by atoms with E-state index in [4.69, 9.17) is 17.3 Å². The standard InChI is InChI=1S/C29H39ClN4O4S/c1-39(37,38)33-18-12-25(13-19-33)29(36)34(27-5-2-4-26(30)21-27)15-3-14-32-16-10-23(11-17-32)20-22-6-8-24(9-7-22)28(31)35/h2,4-9,21,23,25H,3,10-20H2,1H3,(H2,31,35). The van der Waals surface area contributed by atoms with Crippen LogP contribution >= 0.6 is 11.6 Å². The molecule has 39 heavy (non-hydrogen) atoms. The molecule has 2 fully saturated rings. The first-order chi connectivity index (χ1) is 18.6. The third kappa shape index (κ3) is 8.27. The number of carbonyl (C=O) groups excluding carboxylic acids is 2. The molecule has 8 nitrogen and oxygen atoms in total. The SMILES string of the molecule is CS(=O)(=O)N1CCC(C(=O)N(CCCN2CCC(Cc3ccc(C(N)=O)cc3)CC2)c2cccc(Cl)c2)CC1. The number of benzene rings is 2. The summed E-state index contributed by atoms with van der Waals surface area (Å²) in [5, 5.41) is 0.587. The Bertz CT molecular complexity index is 1240. The molecule has 2 aromatic carbocycles. The number of sulfonamides is 1. The molecule has 10 heteroatoms. The first kappa shape index (κ1) is 29.5. The van der Waals surface area contributed by atoms with E-state index in [0.29, 0.717) is 49.0 Å². The Morgan fingerprint density at radius 2 is 1.67 bits per heavy atom. The van der Waals surface area contributed by atoms with E-state index >= 15 is 0 Å². The Morgan fingerprint density at radius 3 is 2.26 bits per heavy atom. The summed E-state index contributed by atoms with van der Waals surface area (Å²) < 4.78 is 25.2. The number of hydrogen-bond acceptors (Lipinski definition) is 5. The van der Waals surface area contributed by atoms with E-state index in [2.05, 4.69) is 4.90 Å². The zero-order chi connectivity index (χ0) is 28.0. The van der Waals surface area contributed by atoms with Crippen LogP contribution in [0.5, 0.6) is 0 Å². The van der Waals surface area contributed by atoms with Gasteiger partial charge in [-0.15, -0.1) is 0 Å². The first-order valence-corrected chi connectivity index (χ1v) is 16.0. The Balaban J connectivity index is 1.28. The number of likely N-dealkylation sites (tertiary alicyclic amines) is 1. The number of anilines is 1. The van der Waals surface area contributed by atoms with Crippen molar-refractivity contribution in [3.8, 4) is 0 Å². The minimum atomic E-state index is -3.24. The van der Waals surface area contributed by atoms with E-state index in [1.165, 1.54) is 16.1 Å². The molecule has 0 unspecified atom stereocenters. The second-order valence-electron chi connectivity index (χ2n) is 10.8. The van der Waals surface area contributed by atoms with Crippen molar-refractivity contribution in [2.75, 3.05) is 50.4 Å². The van der Waals surface area contributed by atoms with Crippen molar-refractivity contribution in [1.29, 1.82) is 0 Å². The number of halogens is 1. The van der Waals surface area contributed by atoms with Crippen LogP contribution < -0.4 is 10.6 Å². The van der Waals surface area contributed by atoms with Gasteiger partial charge in [0.2, 0.25) is 21.8 Å². The summed E-state index contributed by atoms with van der Waals surface area (Å²) in [7, 11) is -3.24. The second kappa shape index (κ2) is 13.3. The molecule has 0 saturated carbocycles. The van der Waals surface area contributed by atoms with Crippen molar-refractivity contribution >= 4 is 39.1 Å². The van der Waals surface area contributed by atoms with Crippen molar-refractivity contribution < 1.29 is 18.0 Å². The number of primary amides is 1. The lowest BCUT2D eigenvalue weighted by Crippen LogP contribution is -2.45. The largest absolute Gasteiger partial charge is 0.366 e. The number of nitrogens with zero attached hydrogens (tertiary/aromatic N) is 3. The number of nitrogens with two attached hydrogens (primary N) is 1. The summed E-state index contributed by atoms with van der Waals surface area (Å²) in [6.07, 6.45) is 6.37. The van der Waals surface area contributed by atoms with Crippen molar-refractivity contribution in [3.63, 3.8) is 0 Å². The zero-order valence-corrected chi connectivity index (χ0v) is 24.2. The predicted molar refractivity (Wildman–Crippen MR) is 155 cm³/mol. The summed E-state index contributed by atoms with van der Waals surface area (Å²) in [5.74, 6) is 0.0621. The number of hydrogen-bond donors (Lipinski definition) is 1. The minimum Gasteiger partial charge on any atom is -0.366 e. The minimum absolute atomic E-state index is 0.0477. The van der Waals surface area contributed by atoms with Gasteiger partial charge in [-0.1, -0.05) is 29.8 Å². The van der Waals surface area contributed by atoms with Gasteiger partial charge in [0.1, 0.15) is 0 Å². The lowest BCUT2D eigenvalue weighted by Gasteiger charge is -2.34. The van der Waals surface area contributed by atoms with Crippen LogP contribution in [0.25, 0.3) is 0 Å². The molecular formula is C29H39ClN4O4S. The Hall–Kier alpha value is -2.46. The third-order valence-corrected chi connectivity index (χ3v) is 9.52. The van der Waals surface area contributed by atoms with Gasteiger partial charge >= 0.3 is 0 Å². The molecule has 2 aliphatic heterocycles. The maximum Gasteiger partial charge on any atom is 0.248 e. The fraction of sp³-hybridized carbons (Fsp3) is 0.517. The van der Waals surface area contributed by atoms with E-state index in [0.717, 1.165) is 51.0 Å². The van der Waals surface area contributed by atoms with E-state index in [1.54, 1.807) is 18.2 Å². The molecule has 0 aromatic heterocycles. The molecule has 212 valence electrons. The van der Waals surface area contributed by atoms with Crippen molar-refractivity contribution in [1.82, 2.24) is 9.21 Å². The summed E-state index contributed by atoms with van der Waals surface area (Å²) in [4.78, 5) is 29.2. The van der Waals surface area contributed by atoms with Crippen LogP contribution in [0, 0.1) is 11.8 Å². The maximum atomic E-state index is 13.6. The lowest BCUT2D eigenvalue weighted by atomic mass is 9.90. The molecule has 0 atom stereocenters. The van der Waals surface area contributed by atoms with Crippen LogP contribution in [-0.4, -0.2) is 75.0 Å². The molecule has 2 heterocycles. The summed E-state index contributed by atoms with van der Waals surface area (Å²) in [5.41, 5.74) is 7.91. The molecular weight excluding hydrogens is 536 g/mol. The normalized spacial score (nSPS) is 18.2. The Kier molecular flexibility index (Phi) is 10.0. The van der Waals surface area contributed by atoms with Crippen molar-refractivity contribution in [3.05, 3.63) is 64.7 Å². The number of amides is 2. The molecule has 0 bridgehead atoms. The summed E-state index contributed by atoms with van der Waals surface area (Å²) in [6.45, 7) is 4.32. The van der Waals surface area contributed by atoms with Crippen molar-refractivity contribution in [2.24, 2.45) is 17.6 Å². The fourth-order valence-electron chi connectivity index (χ4n) is 5.67. The first-order valence-electron chi connectivity index (χ1n) is 13.7. The van der Waals surface area contributed by atoms with Crippen molar-refractivity contribution in [2.45, 2.75) is 38.5 Å². The second-order valence-corrected chi connectivity index (χ2v) is 13.2. The molecule has 2 amide bonds. The third-order valence-electron chi connectivity index (χ3n) is 7.98. The smallest absolute Gasteiger partial charge is 0.248 e. The molecule has 2 saturated heterocycles. The monoisotopic (exact) mass is 574 g/mol. The number of carbonyl (C=O) groups is 2. The van der Waals surface area contributed by atoms with Crippen LogP contribution in [0.1, 0.15) is 48.0 Å². The fourth-order valence-corrected chi connectivity index (χ4v) is 6.73. The molecule has 2 N–H and O–H groups in total. The average Bonchev–Trinajstić information content (AvgIpc) is 2.91. The zero-order valence-electron chi connectivity index (χ0n) is 22.6. The molecule has 2 aromatic rings. The highest BCUT2D eigenvalue weighted by atomic mass is 35.5. The molecule has 0 radical (unpaired) electrons. The van der Waals surface area contributed by atoms with Gasteiger partial charge in [-0.25, -0.2) is 12.7 Å². The van der Waals surface area contributed by atoms with E-state index in [9.17, 15) is 18.0 Å². The highest BCUT2D eigenvalue weighted by Crippen LogP contribution is 2.27. The molecule has 4 rings (SSSR count). The quantitative estimate of drug-likeness (QED) is 0.465. The van der Waals surface area contributed by atoms with E-state index in [1.807, 2.05) is 35.2 Å². The number of piperidine rings is 2. The molecule has 0 spiro atoms. The van der Waals surface area contributed by atoms with E-state index < -0.39 is 15.9 Å². The van der Waals surface area contributed by atoms with Crippen LogP contribution in [0.3, 0.4) is 0 Å². The predicted octanol–water partition coefficient (Wildman–Crippen LogP) is 3.79. The Morgan fingerprint density at radius 1 is 1.00 bits per heavy atom. The Labute approximate surface area is 237 Å². The van der Waals surface area contributed by atoms with E-state index in [-0.39, 0.29) is 11.8 Å². The van der Waals surface area contributed by atoms with Crippen LogP contribution in [-0.2, 0) is 21.2 Å². The highest BCUT2D eigenvalue weighted by Gasteiger charge is 2.32. The summed E-state index contributed by atoms with van der Waals surface area (Å²) >= 11 is 6.26. The summed E-state index contributed by atoms with van der Waals surface area (Å²) in [6, 6.07) is 15.0. The van der Waals surface area contributed by atoms with Crippen LogP contribution in [0.15, 0.2) is 48.5 Å². The van der Waals surface area contributed by atoms with Gasteiger partial charge in [0, 0.05) is 41.8 Å². The average molecular weight is 575 g/mol. The topological polar surface area (TPSA) is 104 Å². The van der Waals surface area contributed by atoms with Gasteiger partial charge in [-0.2, -0.15) is 0 Å². The maximum absolute atomic E-state index is 13.6. The van der Waals surface area contributed by atoms with Gasteiger partial charge < -0.3 is 15.5 Å². The van der Waals surface area contributed by atoms with Gasteiger partial charge in [0.15, 0.2) is 0 Å². The number of rotatable bonds is 10. The molecule has 2 aliphatic rings. The van der Waals surface area contributed by atoms with Gasteiger partial charge in [0.05, 0.1) is 6.26 Å². The van der Waals surface area contributed by atoms with Crippen LogP contribution in [0.4, 0.5) is 5.69 Å². The van der Waals surface area contributed by atoms with Crippen LogP contribution in [0.2, 0.25) is 5.02 Å². The van der Waals surface area contributed by atoms with Gasteiger partial charge in [-0.05, 0) is 100.0 Å². The van der Waals surface area contributed by atoms with Gasteiger partial charge in [0.25, 0.3) is 0 Å². The van der Waals surface area contributed by atoms with Gasteiger partial charge in [-0.3, -0.25) is 9.59 Å².